The first-order valence-corrected chi connectivity index (χ1v) is 15.4. The van der Waals surface area contributed by atoms with Crippen LogP contribution in [0.4, 0.5) is 5.69 Å². The van der Waals surface area contributed by atoms with Crippen molar-refractivity contribution in [2.45, 2.75) is 51.1 Å². The molecule has 2 amide bonds. The van der Waals surface area contributed by atoms with Gasteiger partial charge in [-0.3, -0.25) is 13.9 Å². The standard InChI is InChI=1S/C30H35Cl2N3O5S/c1-5-6-17-33-30(37)22(3)34(19-23-9-12-25(40-4)13-10-23)29(36)20-35(28-18-24(31)11-16-27(28)32)41(38,39)26-14-7-21(2)8-15-26/h7-16,18,22H,5-6,17,19-20H2,1-4H3,(H,33,37). The third-order valence-electron chi connectivity index (χ3n) is 6.57. The lowest BCUT2D eigenvalue weighted by Gasteiger charge is -2.32. The Kier molecular flexibility index (Phi) is 11.5. The van der Waals surface area contributed by atoms with Crippen molar-refractivity contribution in [1.82, 2.24) is 10.2 Å². The minimum atomic E-state index is -4.26. The molecule has 1 atom stereocenters. The van der Waals surface area contributed by atoms with E-state index in [1.165, 1.54) is 35.2 Å². The van der Waals surface area contributed by atoms with E-state index in [1.807, 2.05) is 13.8 Å². The Labute approximate surface area is 252 Å². The Bertz CT molecular complexity index is 1450. The molecular formula is C30H35Cl2N3O5S. The topological polar surface area (TPSA) is 96.0 Å². The maximum atomic E-state index is 14.0. The summed E-state index contributed by atoms with van der Waals surface area (Å²) in [7, 11) is -2.71. The van der Waals surface area contributed by atoms with Gasteiger partial charge in [-0.05, 0) is 68.3 Å². The molecule has 220 valence electrons. The second kappa shape index (κ2) is 14.6. The molecule has 3 aromatic rings. The molecule has 0 radical (unpaired) electrons. The summed E-state index contributed by atoms with van der Waals surface area (Å²) in [5.41, 5.74) is 1.67. The van der Waals surface area contributed by atoms with E-state index in [0.717, 1.165) is 28.3 Å². The molecule has 41 heavy (non-hydrogen) atoms. The van der Waals surface area contributed by atoms with Crippen molar-refractivity contribution in [2.24, 2.45) is 0 Å². The molecule has 1 N–H and O–H groups in total. The molecule has 3 aromatic carbocycles. The van der Waals surface area contributed by atoms with Gasteiger partial charge in [-0.25, -0.2) is 8.42 Å². The summed E-state index contributed by atoms with van der Waals surface area (Å²) in [5.74, 6) is -0.289. The van der Waals surface area contributed by atoms with Crippen molar-refractivity contribution < 1.29 is 22.7 Å². The van der Waals surface area contributed by atoms with Gasteiger partial charge in [0.1, 0.15) is 18.3 Å². The number of nitrogens with one attached hydrogen (secondary N) is 1. The van der Waals surface area contributed by atoms with Gasteiger partial charge in [0.25, 0.3) is 10.0 Å². The molecule has 0 aromatic heterocycles. The predicted molar refractivity (Wildman–Crippen MR) is 163 cm³/mol. The number of ether oxygens (including phenoxy) is 1. The maximum Gasteiger partial charge on any atom is 0.264 e. The van der Waals surface area contributed by atoms with Crippen molar-refractivity contribution in [2.75, 3.05) is 24.5 Å². The molecule has 0 aliphatic rings. The van der Waals surface area contributed by atoms with Crippen LogP contribution in [0.2, 0.25) is 10.0 Å². The van der Waals surface area contributed by atoms with E-state index in [-0.39, 0.29) is 33.1 Å². The van der Waals surface area contributed by atoms with Crippen molar-refractivity contribution in [3.8, 4) is 5.75 Å². The fourth-order valence-electron chi connectivity index (χ4n) is 4.07. The number of hydrogen-bond donors (Lipinski definition) is 1. The fraction of sp³-hybridized carbons (Fsp3) is 0.333. The van der Waals surface area contributed by atoms with Crippen LogP contribution in [-0.4, -0.2) is 51.4 Å². The quantitative estimate of drug-likeness (QED) is 0.243. The Balaban J connectivity index is 2.03. The third kappa shape index (κ3) is 8.38. The lowest BCUT2D eigenvalue weighted by atomic mass is 10.1. The molecule has 1 unspecified atom stereocenters. The molecule has 0 aliphatic carbocycles. The normalized spacial score (nSPS) is 12.0. The number of amides is 2. The van der Waals surface area contributed by atoms with E-state index in [0.29, 0.717) is 12.3 Å². The number of anilines is 1. The monoisotopic (exact) mass is 619 g/mol. The van der Waals surface area contributed by atoms with E-state index < -0.39 is 28.5 Å². The van der Waals surface area contributed by atoms with Gasteiger partial charge in [0, 0.05) is 18.1 Å². The molecule has 0 bridgehead atoms. The highest BCUT2D eigenvalue weighted by atomic mass is 35.5. The molecule has 8 nitrogen and oxygen atoms in total. The number of nitrogens with zero attached hydrogens (tertiary/aromatic N) is 2. The van der Waals surface area contributed by atoms with Crippen molar-refractivity contribution in [1.29, 1.82) is 0 Å². The highest BCUT2D eigenvalue weighted by molar-refractivity contribution is 7.92. The van der Waals surface area contributed by atoms with E-state index in [1.54, 1.807) is 50.4 Å². The number of aryl methyl sites for hydroxylation is 1. The summed E-state index contributed by atoms with van der Waals surface area (Å²) in [5, 5.41) is 3.21. The van der Waals surface area contributed by atoms with Crippen LogP contribution in [0.1, 0.15) is 37.8 Å². The van der Waals surface area contributed by atoms with Crippen LogP contribution in [0, 0.1) is 6.92 Å². The zero-order chi connectivity index (χ0) is 30.2. The van der Waals surface area contributed by atoms with Crippen LogP contribution in [0.5, 0.6) is 5.75 Å². The Hall–Kier alpha value is -3.27. The number of carbonyl (C=O) groups is 2. The van der Waals surface area contributed by atoms with Crippen LogP contribution < -0.4 is 14.4 Å². The molecule has 0 saturated carbocycles. The first kappa shape index (κ1) is 32.2. The van der Waals surface area contributed by atoms with Crippen molar-refractivity contribution in [3.63, 3.8) is 0 Å². The Morgan fingerprint density at radius 1 is 1.00 bits per heavy atom. The number of unbranched alkanes of at least 4 members (excludes halogenated alkanes) is 1. The minimum absolute atomic E-state index is 0.0148. The largest absolute Gasteiger partial charge is 0.497 e. The molecule has 3 rings (SSSR count). The number of hydrogen-bond acceptors (Lipinski definition) is 5. The van der Waals surface area contributed by atoms with Crippen LogP contribution in [0.15, 0.2) is 71.6 Å². The maximum absolute atomic E-state index is 14.0. The van der Waals surface area contributed by atoms with Gasteiger partial charge >= 0.3 is 0 Å². The molecule has 11 heteroatoms. The van der Waals surface area contributed by atoms with Gasteiger partial charge in [-0.2, -0.15) is 0 Å². The van der Waals surface area contributed by atoms with Crippen molar-refractivity contribution >= 4 is 50.7 Å². The number of benzene rings is 3. The molecule has 0 fully saturated rings. The fourth-order valence-corrected chi connectivity index (χ4v) is 5.93. The predicted octanol–water partition coefficient (Wildman–Crippen LogP) is 5.84. The molecule has 0 spiro atoms. The summed E-state index contributed by atoms with van der Waals surface area (Å²) < 4.78 is 34.0. The van der Waals surface area contributed by atoms with Crippen LogP contribution in [0.3, 0.4) is 0 Å². The Morgan fingerprint density at radius 3 is 2.27 bits per heavy atom. The molecule has 0 saturated heterocycles. The van der Waals surface area contributed by atoms with Gasteiger partial charge in [0.15, 0.2) is 0 Å². The summed E-state index contributed by atoms with van der Waals surface area (Å²) in [6, 6.07) is 16.9. The minimum Gasteiger partial charge on any atom is -0.497 e. The summed E-state index contributed by atoms with van der Waals surface area (Å²) in [6.07, 6.45) is 1.69. The summed E-state index contributed by atoms with van der Waals surface area (Å²) in [6.45, 7) is 5.39. The lowest BCUT2D eigenvalue weighted by molar-refractivity contribution is -0.139. The number of methoxy groups -OCH3 is 1. The number of carbonyl (C=O) groups excluding carboxylic acids is 2. The van der Waals surface area contributed by atoms with Crippen LogP contribution in [0.25, 0.3) is 0 Å². The van der Waals surface area contributed by atoms with E-state index in [4.69, 9.17) is 27.9 Å². The van der Waals surface area contributed by atoms with Crippen LogP contribution >= 0.6 is 23.2 Å². The zero-order valence-corrected chi connectivity index (χ0v) is 25.9. The van der Waals surface area contributed by atoms with Gasteiger partial charge in [0.05, 0.1) is 22.7 Å². The second-order valence-corrected chi connectivity index (χ2v) is 12.3. The first-order chi connectivity index (χ1) is 19.5. The highest BCUT2D eigenvalue weighted by Crippen LogP contribution is 2.33. The smallest absolute Gasteiger partial charge is 0.264 e. The van der Waals surface area contributed by atoms with Gasteiger partial charge in [0.2, 0.25) is 11.8 Å². The first-order valence-electron chi connectivity index (χ1n) is 13.2. The average Bonchev–Trinajstić information content (AvgIpc) is 2.96. The van der Waals surface area contributed by atoms with Crippen LogP contribution in [-0.2, 0) is 26.2 Å². The molecule has 0 aliphatic heterocycles. The van der Waals surface area contributed by atoms with E-state index in [9.17, 15) is 18.0 Å². The lowest BCUT2D eigenvalue weighted by Crippen LogP contribution is -2.51. The van der Waals surface area contributed by atoms with Gasteiger partial charge in [-0.15, -0.1) is 0 Å². The zero-order valence-electron chi connectivity index (χ0n) is 23.6. The number of halogens is 2. The van der Waals surface area contributed by atoms with E-state index in [2.05, 4.69) is 5.32 Å². The third-order valence-corrected chi connectivity index (χ3v) is 8.90. The molecular weight excluding hydrogens is 585 g/mol. The van der Waals surface area contributed by atoms with Gasteiger partial charge in [-0.1, -0.05) is 66.4 Å². The second-order valence-electron chi connectivity index (χ2n) is 9.61. The number of sulfonamides is 1. The SMILES string of the molecule is CCCCNC(=O)C(C)N(Cc1ccc(OC)cc1)C(=O)CN(c1cc(Cl)ccc1Cl)S(=O)(=O)c1ccc(C)cc1. The Morgan fingerprint density at radius 2 is 1.66 bits per heavy atom. The van der Waals surface area contributed by atoms with Gasteiger partial charge < -0.3 is 15.0 Å². The number of rotatable bonds is 13. The average molecular weight is 621 g/mol. The van der Waals surface area contributed by atoms with E-state index >= 15 is 0 Å². The summed E-state index contributed by atoms with van der Waals surface area (Å²) >= 11 is 12.7. The highest BCUT2D eigenvalue weighted by Gasteiger charge is 2.33. The summed E-state index contributed by atoms with van der Waals surface area (Å²) in [4.78, 5) is 28.4. The molecule has 0 heterocycles. The van der Waals surface area contributed by atoms with Crippen molar-refractivity contribution in [3.05, 3.63) is 87.9 Å².